The molecule has 3 heteroatoms. The third-order valence-electron chi connectivity index (χ3n) is 2.25. The van der Waals surface area contributed by atoms with Crippen LogP contribution in [-0.4, -0.2) is 29.5 Å². The summed E-state index contributed by atoms with van der Waals surface area (Å²) in [4.78, 5) is 2.36. The Kier molecular flexibility index (Phi) is 3.12. The predicted molar refractivity (Wildman–Crippen MR) is 62.2 cm³/mol. The lowest BCUT2D eigenvalue weighted by Gasteiger charge is -2.37. The van der Waals surface area contributed by atoms with Crippen LogP contribution in [0.5, 0.6) is 0 Å². The second-order valence-electron chi connectivity index (χ2n) is 5.87. The van der Waals surface area contributed by atoms with Crippen LogP contribution in [-0.2, 0) is 4.65 Å². The van der Waals surface area contributed by atoms with Gasteiger partial charge in [0, 0.05) is 17.7 Å². The molecule has 0 spiro atoms. The van der Waals surface area contributed by atoms with E-state index >= 15 is 0 Å². The van der Waals surface area contributed by atoms with E-state index in [2.05, 4.69) is 58.4 Å². The number of nitrogens with zero attached hydrogens (tertiary/aromatic N) is 1. The van der Waals surface area contributed by atoms with Gasteiger partial charge < -0.3 is 9.47 Å². The van der Waals surface area contributed by atoms with Crippen LogP contribution in [0.15, 0.2) is 12.1 Å². The molecule has 0 aliphatic carbocycles. The third-order valence-corrected chi connectivity index (χ3v) is 2.25. The Morgan fingerprint density at radius 1 is 1.14 bits per heavy atom. The molecule has 0 saturated carbocycles. The molecule has 0 fully saturated rings. The molecule has 1 rings (SSSR count). The molecule has 0 radical (unpaired) electrons. The molecule has 0 unspecified atom stereocenters. The van der Waals surface area contributed by atoms with Crippen molar-refractivity contribution in [1.29, 1.82) is 0 Å². The summed E-state index contributed by atoms with van der Waals surface area (Å²) in [5.74, 6) is 2.15. The molecule has 0 amide bonds. The summed E-state index contributed by atoms with van der Waals surface area (Å²) in [5, 5.41) is 0. The lowest BCUT2D eigenvalue weighted by atomic mass is 9.78. The molecule has 0 aromatic carbocycles. The van der Waals surface area contributed by atoms with Crippen molar-refractivity contribution in [3.05, 3.63) is 12.1 Å². The van der Waals surface area contributed by atoms with E-state index in [0.29, 0.717) is 0 Å². The van der Waals surface area contributed by atoms with Crippen LogP contribution in [0, 0.1) is 0 Å². The average molecular weight is 195 g/mol. The standard InChI is InChI=1S/C11H22BNO/c1-10(2,3)13-9-7-8-12(13)14-11(4,5)6/h7-8H,9H2,1-6H3. The summed E-state index contributed by atoms with van der Waals surface area (Å²) in [6, 6.07) is 0. The first-order valence-electron chi connectivity index (χ1n) is 5.31. The van der Waals surface area contributed by atoms with E-state index in [1.807, 2.05) is 0 Å². The highest BCUT2D eigenvalue weighted by Crippen LogP contribution is 2.23. The molecule has 0 aromatic rings. The maximum absolute atomic E-state index is 5.98. The van der Waals surface area contributed by atoms with Crippen molar-refractivity contribution < 1.29 is 4.65 Å². The van der Waals surface area contributed by atoms with E-state index in [0.717, 1.165) is 6.54 Å². The SMILES string of the molecule is CC(C)(C)OB1C=CCN1C(C)(C)C. The fourth-order valence-electron chi connectivity index (χ4n) is 1.62. The summed E-state index contributed by atoms with van der Waals surface area (Å²) in [7, 11) is 0.134. The zero-order valence-corrected chi connectivity index (χ0v) is 10.3. The highest BCUT2D eigenvalue weighted by atomic mass is 16.5. The smallest absolute Gasteiger partial charge is 0.411 e. The van der Waals surface area contributed by atoms with Gasteiger partial charge in [-0.1, -0.05) is 12.1 Å². The summed E-state index contributed by atoms with van der Waals surface area (Å²) < 4.78 is 5.98. The monoisotopic (exact) mass is 195 g/mol. The van der Waals surface area contributed by atoms with Crippen molar-refractivity contribution in [2.45, 2.75) is 52.7 Å². The molecule has 0 bridgehead atoms. The van der Waals surface area contributed by atoms with Gasteiger partial charge in [0.1, 0.15) is 0 Å². The molecular weight excluding hydrogens is 173 g/mol. The second kappa shape index (κ2) is 3.71. The minimum Gasteiger partial charge on any atom is -0.413 e. The molecule has 1 heterocycles. The molecule has 80 valence electrons. The van der Waals surface area contributed by atoms with Gasteiger partial charge in [-0.05, 0) is 41.5 Å². The Morgan fingerprint density at radius 3 is 2.14 bits per heavy atom. The molecule has 2 nitrogen and oxygen atoms in total. The quantitative estimate of drug-likeness (QED) is 0.596. The first-order valence-corrected chi connectivity index (χ1v) is 5.31. The van der Waals surface area contributed by atoms with Gasteiger partial charge in [0.15, 0.2) is 0 Å². The van der Waals surface area contributed by atoms with Crippen LogP contribution in [0.3, 0.4) is 0 Å². The maximum atomic E-state index is 5.98. The largest absolute Gasteiger partial charge is 0.413 e. The summed E-state index contributed by atoms with van der Waals surface area (Å²) in [6.45, 7) is 13.9. The van der Waals surface area contributed by atoms with Crippen LogP contribution >= 0.6 is 0 Å². The van der Waals surface area contributed by atoms with Gasteiger partial charge in [0.05, 0.1) is 0 Å². The molecule has 0 saturated heterocycles. The zero-order valence-electron chi connectivity index (χ0n) is 10.3. The lowest BCUT2D eigenvalue weighted by molar-refractivity contribution is 0.0992. The fourth-order valence-corrected chi connectivity index (χ4v) is 1.62. The van der Waals surface area contributed by atoms with E-state index < -0.39 is 0 Å². The van der Waals surface area contributed by atoms with Gasteiger partial charge in [0.2, 0.25) is 0 Å². The van der Waals surface area contributed by atoms with Crippen molar-refractivity contribution in [2.75, 3.05) is 6.54 Å². The van der Waals surface area contributed by atoms with Crippen LogP contribution in [0.4, 0.5) is 0 Å². The van der Waals surface area contributed by atoms with Gasteiger partial charge in [-0.15, -0.1) is 0 Å². The Morgan fingerprint density at radius 2 is 1.71 bits per heavy atom. The molecule has 0 atom stereocenters. The molecule has 0 aromatic heterocycles. The number of rotatable bonds is 1. The second-order valence-corrected chi connectivity index (χ2v) is 5.87. The van der Waals surface area contributed by atoms with Gasteiger partial charge >= 0.3 is 7.05 Å². The predicted octanol–water partition coefficient (Wildman–Crippen LogP) is 2.50. The minimum absolute atomic E-state index is 0.0805. The van der Waals surface area contributed by atoms with E-state index in [4.69, 9.17) is 4.65 Å². The average Bonchev–Trinajstić information content (AvgIpc) is 2.29. The van der Waals surface area contributed by atoms with E-state index in [-0.39, 0.29) is 18.2 Å². The summed E-state index contributed by atoms with van der Waals surface area (Å²) in [6.07, 6.45) is 2.18. The van der Waals surface area contributed by atoms with Crippen LogP contribution < -0.4 is 0 Å². The van der Waals surface area contributed by atoms with Gasteiger partial charge in [-0.2, -0.15) is 0 Å². The van der Waals surface area contributed by atoms with Gasteiger partial charge in [-0.3, -0.25) is 0 Å². The third kappa shape index (κ3) is 3.14. The van der Waals surface area contributed by atoms with Crippen molar-refractivity contribution in [2.24, 2.45) is 0 Å². The van der Waals surface area contributed by atoms with Crippen LogP contribution in [0.2, 0.25) is 0 Å². The van der Waals surface area contributed by atoms with Crippen molar-refractivity contribution in [3.8, 4) is 0 Å². The highest BCUT2D eigenvalue weighted by molar-refractivity contribution is 6.56. The van der Waals surface area contributed by atoms with Gasteiger partial charge in [0.25, 0.3) is 0 Å². The topological polar surface area (TPSA) is 12.5 Å². The van der Waals surface area contributed by atoms with Crippen LogP contribution in [0.1, 0.15) is 41.5 Å². The van der Waals surface area contributed by atoms with Crippen molar-refractivity contribution in [1.82, 2.24) is 4.81 Å². The Hall–Kier alpha value is -0.275. The fraction of sp³-hybridized carbons (Fsp3) is 0.818. The first kappa shape index (κ1) is 11.8. The maximum Gasteiger partial charge on any atom is 0.411 e. The van der Waals surface area contributed by atoms with Crippen LogP contribution in [0.25, 0.3) is 0 Å². The Balaban J connectivity index is 2.65. The molecule has 1 aliphatic rings. The highest BCUT2D eigenvalue weighted by Gasteiger charge is 2.36. The first-order chi connectivity index (χ1) is 6.20. The van der Waals surface area contributed by atoms with E-state index in [1.54, 1.807) is 0 Å². The zero-order chi connectivity index (χ0) is 11.0. The number of hydrogen-bond acceptors (Lipinski definition) is 2. The van der Waals surface area contributed by atoms with Crippen molar-refractivity contribution >= 4 is 7.05 Å². The Bertz CT molecular complexity index is 224. The Labute approximate surface area is 88.4 Å². The lowest BCUT2D eigenvalue weighted by Crippen LogP contribution is -2.51. The molecule has 0 N–H and O–H groups in total. The normalized spacial score (nSPS) is 19.4. The van der Waals surface area contributed by atoms with E-state index in [9.17, 15) is 0 Å². The molecule has 1 aliphatic heterocycles. The molecular formula is C11H22BNO. The van der Waals surface area contributed by atoms with Crippen molar-refractivity contribution in [3.63, 3.8) is 0 Å². The summed E-state index contributed by atoms with van der Waals surface area (Å²) in [5.41, 5.74) is 0.0856. The number of hydrogen-bond donors (Lipinski definition) is 0. The van der Waals surface area contributed by atoms with E-state index in [1.165, 1.54) is 0 Å². The summed E-state index contributed by atoms with van der Waals surface area (Å²) >= 11 is 0. The molecule has 14 heavy (non-hydrogen) atoms. The van der Waals surface area contributed by atoms with Gasteiger partial charge in [-0.25, -0.2) is 0 Å². The minimum atomic E-state index is -0.0805.